The third kappa shape index (κ3) is 2.95. The van der Waals surface area contributed by atoms with Crippen LogP contribution in [0.5, 0.6) is 11.6 Å². The van der Waals surface area contributed by atoms with Gasteiger partial charge >= 0.3 is 0 Å². The monoisotopic (exact) mass is 355 g/mol. The zero-order chi connectivity index (χ0) is 17.6. The number of aryl methyl sites for hydroxylation is 2. The van der Waals surface area contributed by atoms with Gasteiger partial charge in [0.15, 0.2) is 0 Å². The molecule has 128 valence electrons. The summed E-state index contributed by atoms with van der Waals surface area (Å²) in [6.07, 6.45) is 3.25. The van der Waals surface area contributed by atoms with Gasteiger partial charge < -0.3 is 4.74 Å². The highest BCUT2D eigenvalue weighted by Gasteiger charge is 2.24. The maximum Gasteiger partial charge on any atom is 0.269 e. The Morgan fingerprint density at radius 1 is 1.28 bits per heavy atom. The first kappa shape index (κ1) is 16.0. The molecular weight excluding hydrogens is 338 g/mol. The van der Waals surface area contributed by atoms with Crippen LogP contribution in [0.2, 0.25) is 0 Å². The highest BCUT2D eigenvalue weighted by atomic mass is 32.1. The molecule has 0 saturated carbocycles. The molecule has 1 atom stereocenters. The molecule has 2 heterocycles. The molecule has 0 saturated heterocycles. The standard InChI is InChI=1S/C18H17N3O3S/c1-10-3-8-14-15(9-10)25-18-16(14)17(19-11(2)20-18)24-13-6-4-12(5-7-13)21(22)23/h4-7,10H,3,8-9H2,1-2H3. The van der Waals surface area contributed by atoms with Gasteiger partial charge in [-0.1, -0.05) is 6.92 Å². The second-order valence-electron chi connectivity index (χ2n) is 6.46. The van der Waals surface area contributed by atoms with E-state index in [4.69, 9.17) is 4.74 Å². The SMILES string of the molecule is Cc1nc(Oc2ccc([N+](=O)[O-])cc2)c2c3c(sc2n1)CC(C)CC3. The van der Waals surface area contributed by atoms with Crippen molar-refractivity contribution in [1.82, 2.24) is 9.97 Å². The normalized spacial score (nSPS) is 16.6. The summed E-state index contributed by atoms with van der Waals surface area (Å²) < 4.78 is 5.99. The number of rotatable bonds is 3. The number of nitro groups is 1. The Bertz CT molecular complexity index is 966. The minimum Gasteiger partial charge on any atom is -0.438 e. The van der Waals surface area contributed by atoms with E-state index in [1.54, 1.807) is 23.5 Å². The van der Waals surface area contributed by atoms with Crippen LogP contribution in [0.3, 0.4) is 0 Å². The van der Waals surface area contributed by atoms with Crippen molar-refractivity contribution in [3.8, 4) is 11.6 Å². The van der Waals surface area contributed by atoms with E-state index in [0.29, 0.717) is 23.4 Å². The lowest BCUT2D eigenvalue weighted by Crippen LogP contribution is -2.08. The topological polar surface area (TPSA) is 78.2 Å². The van der Waals surface area contributed by atoms with E-state index in [-0.39, 0.29) is 5.69 Å². The zero-order valence-electron chi connectivity index (χ0n) is 14.0. The molecule has 6 nitrogen and oxygen atoms in total. The number of nitrogens with zero attached hydrogens (tertiary/aromatic N) is 3. The van der Waals surface area contributed by atoms with Crippen LogP contribution in [-0.2, 0) is 12.8 Å². The molecule has 0 amide bonds. The summed E-state index contributed by atoms with van der Waals surface area (Å²) in [5.74, 6) is 2.43. The molecule has 1 aliphatic carbocycles. The second kappa shape index (κ2) is 6.07. The lowest BCUT2D eigenvalue weighted by atomic mass is 9.89. The molecule has 0 radical (unpaired) electrons. The van der Waals surface area contributed by atoms with Crippen LogP contribution in [0.15, 0.2) is 24.3 Å². The Labute approximate surface area is 148 Å². The smallest absolute Gasteiger partial charge is 0.269 e. The van der Waals surface area contributed by atoms with Crippen molar-refractivity contribution >= 4 is 27.2 Å². The van der Waals surface area contributed by atoms with E-state index in [1.165, 1.54) is 22.6 Å². The number of nitro benzene ring substituents is 1. The number of thiophene rings is 1. The number of aromatic nitrogens is 2. The molecule has 2 aromatic heterocycles. The summed E-state index contributed by atoms with van der Waals surface area (Å²) in [6.45, 7) is 4.13. The molecule has 0 fully saturated rings. The van der Waals surface area contributed by atoms with Crippen LogP contribution in [0.1, 0.15) is 29.6 Å². The number of non-ortho nitro benzene ring substituents is 1. The Morgan fingerprint density at radius 2 is 2.04 bits per heavy atom. The molecule has 1 aromatic carbocycles. The molecule has 0 bridgehead atoms. The van der Waals surface area contributed by atoms with Crippen molar-refractivity contribution in [2.45, 2.75) is 33.1 Å². The Hall–Kier alpha value is -2.54. The quantitative estimate of drug-likeness (QED) is 0.497. The first-order chi connectivity index (χ1) is 12.0. The van der Waals surface area contributed by atoms with Gasteiger partial charge in [0.2, 0.25) is 5.88 Å². The van der Waals surface area contributed by atoms with Gasteiger partial charge in [0.25, 0.3) is 5.69 Å². The number of ether oxygens (including phenoxy) is 1. The van der Waals surface area contributed by atoms with Gasteiger partial charge in [0, 0.05) is 17.0 Å². The third-order valence-electron chi connectivity index (χ3n) is 4.50. The lowest BCUT2D eigenvalue weighted by molar-refractivity contribution is -0.384. The number of hydrogen-bond donors (Lipinski definition) is 0. The fourth-order valence-corrected chi connectivity index (χ4v) is 4.65. The first-order valence-corrected chi connectivity index (χ1v) is 9.04. The Kier molecular flexibility index (Phi) is 3.88. The molecule has 7 heteroatoms. The minimum atomic E-state index is -0.423. The van der Waals surface area contributed by atoms with E-state index < -0.39 is 4.92 Å². The van der Waals surface area contributed by atoms with Crippen LogP contribution in [0.25, 0.3) is 10.2 Å². The van der Waals surface area contributed by atoms with Gasteiger partial charge in [-0.2, -0.15) is 4.98 Å². The summed E-state index contributed by atoms with van der Waals surface area (Å²) in [7, 11) is 0. The van der Waals surface area contributed by atoms with Gasteiger partial charge in [0.1, 0.15) is 16.4 Å². The zero-order valence-corrected chi connectivity index (χ0v) is 14.8. The summed E-state index contributed by atoms with van der Waals surface area (Å²) in [6, 6.07) is 6.07. The van der Waals surface area contributed by atoms with Crippen LogP contribution in [-0.4, -0.2) is 14.9 Å². The van der Waals surface area contributed by atoms with Crippen molar-refractivity contribution < 1.29 is 9.66 Å². The summed E-state index contributed by atoms with van der Waals surface area (Å²) in [5, 5.41) is 11.8. The fourth-order valence-electron chi connectivity index (χ4n) is 3.23. The predicted octanol–water partition coefficient (Wildman–Crippen LogP) is 4.83. The predicted molar refractivity (Wildman–Crippen MR) is 96.5 cm³/mol. The summed E-state index contributed by atoms with van der Waals surface area (Å²) >= 11 is 1.73. The molecule has 1 aliphatic rings. The largest absolute Gasteiger partial charge is 0.438 e. The number of fused-ring (bicyclic) bond motifs is 3. The van der Waals surface area contributed by atoms with Crippen LogP contribution >= 0.6 is 11.3 Å². The average molecular weight is 355 g/mol. The highest BCUT2D eigenvalue weighted by molar-refractivity contribution is 7.18. The van der Waals surface area contributed by atoms with E-state index in [1.807, 2.05) is 6.92 Å². The minimum absolute atomic E-state index is 0.0401. The summed E-state index contributed by atoms with van der Waals surface area (Å²) in [4.78, 5) is 21.8. The van der Waals surface area contributed by atoms with Crippen molar-refractivity contribution in [2.75, 3.05) is 0 Å². The highest BCUT2D eigenvalue weighted by Crippen LogP contribution is 2.41. The molecule has 1 unspecified atom stereocenters. The fraction of sp³-hybridized carbons (Fsp3) is 0.333. The molecular formula is C18H17N3O3S. The van der Waals surface area contributed by atoms with Crippen molar-refractivity contribution in [3.05, 3.63) is 50.6 Å². The van der Waals surface area contributed by atoms with E-state index in [0.717, 1.165) is 29.5 Å². The molecule has 0 aliphatic heterocycles. The van der Waals surface area contributed by atoms with Crippen molar-refractivity contribution in [1.29, 1.82) is 0 Å². The maximum atomic E-state index is 10.8. The van der Waals surface area contributed by atoms with Crippen LogP contribution < -0.4 is 4.74 Å². The van der Waals surface area contributed by atoms with Gasteiger partial charge in [-0.3, -0.25) is 10.1 Å². The van der Waals surface area contributed by atoms with Crippen molar-refractivity contribution in [3.63, 3.8) is 0 Å². The van der Waals surface area contributed by atoms with Crippen molar-refractivity contribution in [2.24, 2.45) is 5.92 Å². The number of benzene rings is 1. The maximum absolute atomic E-state index is 10.8. The molecule has 25 heavy (non-hydrogen) atoms. The Balaban J connectivity index is 1.77. The van der Waals surface area contributed by atoms with Gasteiger partial charge in [-0.15, -0.1) is 11.3 Å². The van der Waals surface area contributed by atoms with Crippen LogP contribution in [0, 0.1) is 23.0 Å². The van der Waals surface area contributed by atoms with E-state index in [2.05, 4.69) is 16.9 Å². The summed E-state index contributed by atoms with van der Waals surface area (Å²) in [5.41, 5.74) is 1.34. The van der Waals surface area contributed by atoms with Gasteiger partial charge in [-0.25, -0.2) is 4.98 Å². The Morgan fingerprint density at radius 3 is 2.76 bits per heavy atom. The molecule has 0 N–H and O–H groups in total. The average Bonchev–Trinajstić information content (AvgIpc) is 2.92. The first-order valence-electron chi connectivity index (χ1n) is 8.22. The molecule has 0 spiro atoms. The van der Waals surface area contributed by atoms with E-state index in [9.17, 15) is 10.1 Å². The molecule has 3 aromatic rings. The van der Waals surface area contributed by atoms with Crippen LogP contribution in [0.4, 0.5) is 5.69 Å². The lowest BCUT2D eigenvalue weighted by Gasteiger charge is -2.18. The van der Waals surface area contributed by atoms with Gasteiger partial charge in [0.05, 0.1) is 10.3 Å². The molecule has 4 rings (SSSR count). The van der Waals surface area contributed by atoms with E-state index >= 15 is 0 Å². The third-order valence-corrected chi connectivity index (χ3v) is 5.64. The van der Waals surface area contributed by atoms with Gasteiger partial charge in [-0.05, 0) is 49.8 Å². The second-order valence-corrected chi connectivity index (χ2v) is 7.54. The number of hydrogen-bond acceptors (Lipinski definition) is 6.